The van der Waals surface area contributed by atoms with Crippen LogP contribution in [0.4, 0.5) is 0 Å². The minimum absolute atomic E-state index is 0.629. The van der Waals surface area contributed by atoms with E-state index in [9.17, 15) is 0 Å². The monoisotopic (exact) mass is 319 g/mol. The fourth-order valence-corrected chi connectivity index (χ4v) is 3.50. The van der Waals surface area contributed by atoms with Gasteiger partial charge in [-0.2, -0.15) is 4.57 Å². The van der Waals surface area contributed by atoms with Crippen molar-refractivity contribution in [1.82, 2.24) is 4.98 Å². The van der Waals surface area contributed by atoms with E-state index in [1.165, 1.54) is 39.0 Å². The van der Waals surface area contributed by atoms with Crippen molar-refractivity contribution in [3.8, 4) is 11.3 Å². The van der Waals surface area contributed by atoms with Gasteiger partial charge in [0.25, 0.3) is 0 Å². The average Bonchev–Trinajstić information content (AvgIpc) is 2.52. The number of benzene rings is 2. The zero-order chi connectivity index (χ0) is 17.4. The topological polar surface area (TPSA) is 16.8 Å². The van der Waals surface area contributed by atoms with Gasteiger partial charge < -0.3 is 0 Å². The van der Waals surface area contributed by atoms with E-state index in [0.29, 0.717) is 5.92 Å². The van der Waals surface area contributed by atoms with Crippen molar-refractivity contribution >= 4 is 11.0 Å². The summed E-state index contributed by atoms with van der Waals surface area (Å²) in [7, 11) is 2.15. The molecule has 3 rings (SSSR count). The Hall–Kier alpha value is -2.22. The molecule has 2 aromatic carbocycles. The van der Waals surface area contributed by atoms with Crippen molar-refractivity contribution in [3.05, 3.63) is 58.8 Å². The van der Waals surface area contributed by atoms with Crippen LogP contribution in [0.1, 0.15) is 36.1 Å². The van der Waals surface area contributed by atoms with Gasteiger partial charge in [-0.1, -0.05) is 37.6 Å². The molecule has 0 spiro atoms. The van der Waals surface area contributed by atoms with Crippen LogP contribution in [0, 0.1) is 26.7 Å². The lowest BCUT2D eigenvalue weighted by Gasteiger charge is -2.11. The van der Waals surface area contributed by atoms with Crippen molar-refractivity contribution in [2.45, 2.75) is 41.0 Å². The van der Waals surface area contributed by atoms with Gasteiger partial charge in [-0.15, -0.1) is 0 Å². The van der Waals surface area contributed by atoms with Crippen molar-refractivity contribution in [1.29, 1.82) is 0 Å². The van der Waals surface area contributed by atoms with Crippen molar-refractivity contribution in [2.24, 2.45) is 13.0 Å². The van der Waals surface area contributed by atoms with Crippen molar-refractivity contribution < 1.29 is 4.57 Å². The summed E-state index contributed by atoms with van der Waals surface area (Å²) in [5, 5.41) is 0. The molecule has 124 valence electrons. The summed E-state index contributed by atoms with van der Waals surface area (Å²) < 4.78 is 2.29. The second kappa shape index (κ2) is 6.35. The molecule has 2 nitrogen and oxygen atoms in total. The molecule has 0 atom stereocenters. The lowest BCUT2D eigenvalue weighted by Crippen LogP contribution is -2.33. The van der Waals surface area contributed by atoms with Gasteiger partial charge in [0.05, 0.1) is 5.56 Å². The van der Waals surface area contributed by atoms with Crippen LogP contribution >= 0.6 is 0 Å². The first kappa shape index (κ1) is 16.6. The number of para-hydroxylation sites is 1. The third-order valence-electron chi connectivity index (χ3n) is 4.85. The van der Waals surface area contributed by atoms with Crippen LogP contribution in [0.3, 0.4) is 0 Å². The maximum absolute atomic E-state index is 4.85. The third kappa shape index (κ3) is 2.93. The number of rotatable bonds is 3. The highest BCUT2D eigenvalue weighted by Crippen LogP contribution is 2.26. The zero-order valence-electron chi connectivity index (χ0n) is 15.6. The molecular formula is C22H27N2+. The van der Waals surface area contributed by atoms with Gasteiger partial charge in [-0.25, -0.2) is 4.98 Å². The zero-order valence-corrected chi connectivity index (χ0v) is 15.6. The second-order valence-corrected chi connectivity index (χ2v) is 7.34. The standard InChI is InChI=1S/C22H27N2/c1-14(2)10-18-8-7-9-20-22(18)23-13-21(24(20)6)19-12-15(3)11-16(4)17(19)5/h7-9,11-14H,10H2,1-6H3/q+1. The lowest BCUT2D eigenvalue weighted by atomic mass is 9.97. The summed E-state index contributed by atoms with van der Waals surface area (Å²) >= 11 is 0. The van der Waals surface area contributed by atoms with Crippen LogP contribution in [-0.4, -0.2) is 4.98 Å². The Balaban J connectivity index is 2.24. The Morgan fingerprint density at radius 3 is 2.54 bits per heavy atom. The van der Waals surface area contributed by atoms with Gasteiger partial charge in [0, 0.05) is 6.07 Å². The predicted molar refractivity (Wildman–Crippen MR) is 101 cm³/mol. The summed E-state index contributed by atoms with van der Waals surface area (Å²) in [4.78, 5) is 4.85. The molecule has 0 saturated carbocycles. The molecule has 3 aromatic rings. The number of nitrogens with zero attached hydrogens (tertiary/aromatic N) is 2. The van der Waals surface area contributed by atoms with E-state index in [-0.39, 0.29) is 0 Å². The molecule has 0 N–H and O–H groups in total. The van der Waals surface area contributed by atoms with Crippen molar-refractivity contribution in [3.63, 3.8) is 0 Å². The Labute approximate surface area is 145 Å². The van der Waals surface area contributed by atoms with Gasteiger partial charge in [0.2, 0.25) is 11.2 Å². The molecular weight excluding hydrogens is 292 g/mol. The summed E-state index contributed by atoms with van der Waals surface area (Å²) in [6, 6.07) is 11.0. The molecule has 0 aliphatic rings. The largest absolute Gasteiger partial charge is 0.243 e. The molecule has 0 unspecified atom stereocenters. The molecule has 0 bridgehead atoms. The van der Waals surface area contributed by atoms with E-state index >= 15 is 0 Å². The smallest absolute Gasteiger partial charge is 0.231 e. The molecule has 1 aromatic heterocycles. The maximum Gasteiger partial charge on any atom is 0.231 e. The Kier molecular flexibility index (Phi) is 4.40. The molecule has 0 amide bonds. The lowest BCUT2D eigenvalue weighted by molar-refractivity contribution is -0.634. The van der Waals surface area contributed by atoms with E-state index in [1.54, 1.807) is 0 Å². The fourth-order valence-electron chi connectivity index (χ4n) is 3.50. The third-order valence-corrected chi connectivity index (χ3v) is 4.85. The van der Waals surface area contributed by atoms with E-state index < -0.39 is 0 Å². The van der Waals surface area contributed by atoms with Crippen LogP contribution in [0.15, 0.2) is 36.5 Å². The first-order valence-corrected chi connectivity index (χ1v) is 8.73. The maximum atomic E-state index is 4.85. The SMILES string of the molecule is Cc1cc(C)c(C)c(-c2cnc3c(CC(C)C)cccc3[n+]2C)c1. The molecule has 2 heteroatoms. The normalized spacial score (nSPS) is 11.5. The Bertz CT molecular complexity index is 907. The first-order valence-electron chi connectivity index (χ1n) is 8.73. The summed E-state index contributed by atoms with van der Waals surface area (Å²) in [5.41, 5.74) is 10.1. The van der Waals surface area contributed by atoms with E-state index in [1.807, 2.05) is 6.20 Å². The minimum Gasteiger partial charge on any atom is -0.243 e. The van der Waals surface area contributed by atoms with Crippen LogP contribution in [0.2, 0.25) is 0 Å². The summed E-state index contributed by atoms with van der Waals surface area (Å²) in [6.45, 7) is 11.0. The average molecular weight is 319 g/mol. The van der Waals surface area contributed by atoms with Gasteiger partial charge >= 0.3 is 0 Å². The Morgan fingerprint density at radius 2 is 1.83 bits per heavy atom. The highest BCUT2D eigenvalue weighted by molar-refractivity contribution is 5.77. The van der Waals surface area contributed by atoms with Crippen LogP contribution < -0.4 is 4.57 Å². The van der Waals surface area contributed by atoms with Gasteiger partial charge in [0.1, 0.15) is 18.8 Å². The van der Waals surface area contributed by atoms with Crippen LogP contribution in [-0.2, 0) is 13.5 Å². The van der Waals surface area contributed by atoms with Gasteiger partial charge in [0.15, 0.2) is 0 Å². The quantitative estimate of drug-likeness (QED) is 0.631. The van der Waals surface area contributed by atoms with Gasteiger partial charge in [-0.05, 0) is 55.9 Å². The molecule has 1 heterocycles. The van der Waals surface area contributed by atoms with Crippen LogP contribution in [0.25, 0.3) is 22.3 Å². The number of hydrogen-bond acceptors (Lipinski definition) is 1. The molecule has 0 fully saturated rings. The number of hydrogen-bond donors (Lipinski definition) is 0. The highest BCUT2D eigenvalue weighted by Gasteiger charge is 2.19. The van der Waals surface area contributed by atoms with Gasteiger partial charge in [-0.3, -0.25) is 0 Å². The molecule has 0 saturated heterocycles. The fraction of sp³-hybridized carbons (Fsp3) is 0.364. The minimum atomic E-state index is 0.629. The number of fused-ring (bicyclic) bond motifs is 1. The van der Waals surface area contributed by atoms with E-state index in [0.717, 1.165) is 11.9 Å². The van der Waals surface area contributed by atoms with Crippen molar-refractivity contribution in [2.75, 3.05) is 0 Å². The molecule has 24 heavy (non-hydrogen) atoms. The number of aromatic nitrogens is 2. The Morgan fingerprint density at radius 1 is 1.08 bits per heavy atom. The first-order chi connectivity index (χ1) is 11.4. The molecule has 0 aliphatic carbocycles. The number of aryl methyl sites for hydroxylation is 3. The molecule has 0 radical (unpaired) electrons. The second-order valence-electron chi connectivity index (χ2n) is 7.34. The molecule has 0 aliphatic heterocycles. The predicted octanol–water partition coefficient (Wildman–Crippen LogP) is 4.85. The van der Waals surface area contributed by atoms with E-state index in [2.05, 4.69) is 76.6 Å². The van der Waals surface area contributed by atoms with Crippen LogP contribution in [0.5, 0.6) is 0 Å². The highest BCUT2D eigenvalue weighted by atomic mass is 15.0. The summed E-state index contributed by atoms with van der Waals surface area (Å²) in [6.07, 6.45) is 3.10. The van der Waals surface area contributed by atoms with E-state index in [4.69, 9.17) is 4.98 Å². The summed E-state index contributed by atoms with van der Waals surface area (Å²) in [5.74, 6) is 0.629.